The normalized spacial score (nSPS) is 11.8. The second kappa shape index (κ2) is 13.1. The van der Waals surface area contributed by atoms with Crippen LogP contribution in [0, 0.1) is 11.5 Å². The Bertz CT molecular complexity index is 1590. The molecule has 0 aliphatic heterocycles. The van der Waals surface area contributed by atoms with Gasteiger partial charge >= 0.3 is 6.18 Å². The van der Waals surface area contributed by atoms with Crippen LogP contribution >= 0.6 is 11.3 Å². The summed E-state index contributed by atoms with van der Waals surface area (Å²) < 4.78 is 41.1. The van der Waals surface area contributed by atoms with E-state index < -0.39 is 17.6 Å². The number of hydrogen-bond donors (Lipinski definition) is 4. The summed E-state index contributed by atoms with van der Waals surface area (Å²) in [6.45, 7) is 1.41. The average Bonchev–Trinajstić information content (AvgIpc) is 3.40. The van der Waals surface area contributed by atoms with Crippen LogP contribution in [0.1, 0.15) is 20.8 Å². The number of nitrogens with one attached hydrogen (secondary N) is 4. The van der Waals surface area contributed by atoms with Crippen LogP contribution in [0.15, 0.2) is 71.2 Å². The van der Waals surface area contributed by atoms with Crippen molar-refractivity contribution in [2.75, 3.05) is 43.1 Å². The molecule has 4 N–H and O–H groups in total. The van der Waals surface area contributed by atoms with Crippen molar-refractivity contribution in [2.24, 2.45) is 4.99 Å². The highest BCUT2D eigenvalue weighted by Crippen LogP contribution is 2.34. The molecule has 0 saturated heterocycles. The molecule has 13 heteroatoms. The quantitative estimate of drug-likeness (QED) is 0.116. The fraction of sp³-hybridized carbons (Fsp3) is 0.214. The van der Waals surface area contributed by atoms with Gasteiger partial charge in [-0.3, -0.25) is 9.78 Å². The van der Waals surface area contributed by atoms with Gasteiger partial charge in [-0.1, -0.05) is 18.2 Å². The van der Waals surface area contributed by atoms with Gasteiger partial charge < -0.3 is 26.2 Å². The van der Waals surface area contributed by atoms with E-state index in [9.17, 15) is 18.0 Å². The third kappa shape index (κ3) is 7.93. The second-order valence-electron chi connectivity index (χ2n) is 9.17. The van der Waals surface area contributed by atoms with E-state index in [1.54, 1.807) is 23.8 Å². The molecule has 4 aromatic rings. The van der Waals surface area contributed by atoms with Gasteiger partial charge in [-0.2, -0.15) is 18.4 Å². The minimum atomic E-state index is -4.68. The van der Waals surface area contributed by atoms with Crippen molar-refractivity contribution < 1.29 is 18.0 Å². The summed E-state index contributed by atoms with van der Waals surface area (Å²) in [5.74, 6) is -0.582. The maximum atomic E-state index is 13.7. The lowest BCUT2D eigenvalue weighted by Crippen LogP contribution is -2.35. The number of pyridine rings is 1. The summed E-state index contributed by atoms with van der Waals surface area (Å²) in [4.78, 5) is 23.4. The average molecular weight is 581 g/mol. The Morgan fingerprint density at radius 2 is 1.85 bits per heavy atom. The highest BCUT2D eigenvalue weighted by Gasteiger charge is 2.31. The zero-order valence-electron chi connectivity index (χ0n) is 22.2. The first kappa shape index (κ1) is 29.3. The monoisotopic (exact) mass is 580 g/mol. The molecule has 0 aliphatic rings. The van der Waals surface area contributed by atoms with E-state index >= 15 is 0 Å². The van der Waals surface area contributed by atoms with Crippen LogP contribution in [-0.2, 0) is 12.7 Å². The van der Waals surface area contributed by atoms with Gasteiger partial charge in [-0.25, -0.2) is 0 Å². The van der Waals surface area contributed by atoms with E-state index in [2.05, 4.69) is 31.2 Å². The maximum absolute atomic E-state index is 13.7. The van der Waals surface area contributed by atoms with Gasteiger partial charge in [0.2, 0.25) is 12.2 Å². The van der Waals surface area contributed by atoms with Crippen molar-refractivity contribution in [3.05, 3.63) is 82.2 Å². The first-order valence-corrected chi connectivity index (χ1v) is 13.3. The van der Waals surface area contributed by atoms with Gasteiger partial charge in [0, 0.05) is 42.6 Å². The number of anilines is 3. The largest absolute Gasteiger partial charge is 0.416 e. The first-order valence-electron chi connectivity index (χ1n) is 12.4. The number of para-hydroxylation sites is 1. The number of likely N-dealkylation sites (N-methyl/N-ethyl adjacent to an activating group) is 1. The molecule has 0 unspecified atom stereocenters. The Morgan fingerprint density at radius 1 is 1.10 bits per heavy atom. The van der Waals surface area contributed by atoms with Gasteiger partial charge in [0.15, 0.2) is 0 Å². The van der Waals surface area contributed by atoms with Gasteiger partial charge in [0.1, 0.15) is 4.88 Å². The van der Waals surface area contributed by atoms with Crippen molar-refractivity contribution >= 4 is 51.2 Å². The third-order valence-electron chi connectivity index (χ3n) is 5.87. The molecule has 0 bridgehead atoms. The Morgan fingerprint density at radius 3 is 2.59 bits per heavy atom. The Balaban J connectivity index is 1.52. The van der Waals surface area contributed by atoms with Crippen molar-refractivity contribution in [2.45, 2.75) is 12.7 Å². The summed E-state index contributed by atoms with van der Waals surface area (Å²) in [5, 5.41) is 23.1. The molecule has 2 aromatic carbocycles. The number of nitrogens with zero attached hydrogens (tertiary/aromatic N) is 4. The SMILES string of the molecule is CN(C)CCN/C(=N\C#N)Nc1cc(NC(=O)c2sccc2NCc2ccnc3ccccc23)cc(C(F)(F)F)c1. The number of nitriles is 1. The first-order chi connectivity index (χ1) is 19.6. The summed E-state index contributed by atoms with van der Waals surface area (Å²) in [6.07, 6.45) is -1.34. The molecule has 212 valence electrons. The summed E-state index contributed by atoms with van der Waals surface area (Å²) in [7, 11) is 3.71. The Kier molecular flexibility index (Phi) is 9.38. The lowest BCUT2D eigenvalue weighted by molar-refractivity contribution is -0.137. The highest BCUT2D eigenvalue weighted by molar-refractivity contribution is 7.12. The number of rotatable bonds is 9. The number of carbonyl (C=O) groups excluding carboxylic acids is 1. The van der Waals surface area contributed by atoms with Crippen molar-refractivity contribution in [3.63, 3.8) is 0 Å². The van der Waals surface area contributed by atoms with Gasteiger partial charge in [0.25, 0.3) is 5.91 Å². The van der Waals surface area contributed by atoms with E-state index in [1.165, 1.54) is 6.07 Å². The number of amides is 1. The molecule has 0 aliphatic carbocycles. The summed E-state index contributed by atoms with van der Waals surface area (Å²) in [6, 6.07) is 14.4. The van der Waals surface area contributed by atoms with E-state index in [0.29, 0.717) is 30.2 Å². The summed E-state index contributed by atoms with van der Waals surface area (Å²) >= 11 is 1.16. The fourth-order valence-corrected chi connectivity index (χ4v) is 4.71. The van der Waals surface area contributed by atoms with E-state index in [0.717, 1.165) is 39.9 Å². The minimum absolute atomic E-state index is 0.00410. The minimum Gasteiger partial charge on any atom is -0.380 e. The molecule has 0 radical (unpaired) electrons. The van der Waals surface area contributed by atoms with Gasteiger partial charge in [-0.15, -0.1) is 16.3 Å². The molecule has 2 heterocycles. The fourth-order valence-electron chi connectivity index (χ4n) is 3.94. The number of aliphatic imine (C=N–C) groups is 1. The van der Waals surface area contributed by atoms with Gasteiger partial charge in [0.05, 0.1) is 16.8 Å². The number of carbonyl (C=O) groups is 1. The Hall–Kier alpha value is -4.67. The van der Waals surface area contributed by atoms with Crippen LogP contribution < -0.4 is 21.3 Å². The van der Waals surface area contributed by atoms with Crippen molar-refractivity contribution in [3.8, 4) is 6.19 Å². The third-order valence-corrected chi connectivity index (χ3v) is 6.79. The maximum Gasteiger partial charge on any atom is 0.416 e. The number of alkyl halides is 3. The Labute approximate surface area is 238 Å². The van der Waals surface area contributed by atoms with Crippen molar-refractivity contribution in [1.29, 1.82) is 5.26 Å². The van der Waals surface area contributed by atoms with Crippen LogP contribution in [0.3, 0.4) is 0 Å². The van der Waals surface area contributed by atoms with Gasteiger partial charge in [-0.05, 0) is 61.4 Å². The van der Waals surface area contributed by atoms with Crippen LogP contribution in [-0.4, -0.2) is 48.9 Å². The zero-order valence-corrected chi connectivity index (χ0v) is 23.0. The standard InChI is InChI=1S/C28H27F3N8OS/c1-39(2)11-10-34-27(36-17-32)38-21-14-19(28(29,30)31)13-20(15-21)37-26(40)25-24(8-12-41-25)35-16-18-7-9-33-23-6-4-3-5-22(18)23/h3-9,12-15,35H,10-11,16H2,1-2H3,(H,37,40)(H2,34,36,38). The zero-order chi connectivity index (χ0) is 29.4. The molecule has 9 nitrogen and oxygen atoms in total. The topological polar surface area (TPSA) is 117 Å². The molecule has 1 amide bonds. The molecule has 0 saturated carbocycles. The van der Waals surface area contributed by atoms with Crippen molar-refractivity contribution in [1.82, 2.24) is 15.2 Å². The number of halogens is 3. The molecular formula is C28H27F3N8OS. The second-order valence-corrected chi connectivity index (χ2v) is 10.1. The molecule has 4 rings (SSSR count). The molecule has 0 fully saturated rings. The number of thiophene rings is 1. The number of fused-ring (bicyclic) bond motifs is 1. The lowest BCUT2D eigenvalue weighted by atomic mass is 10.1. The smallest absolute Gasteiger partial charge is 0.380 e. The summed E-state index contributed by atoms with van der Waals surface area (Å²) in [5.41, 5.74) is 1.33. The number of aromatic nitrogens is 1. The van der Waals surface area contributed by atoms with E-state index in [4.69, 9.17) is 5.26 Å². The number of benzene rings is 2. The predicted molar refractivity (Wildman–Crippen MR) is 156 cm³/mol. The molecule has 41 heavy (non-hydrogen) atoms. The number of guanidine groups is 1. The molecule has 2 aromatic heterocycles. The molecular weight excluding hydrogens is 553 g/mol. The predicted octanol–water partition coefficient (Wildman–Crippen LogP) is 5.58. The van der Waals surface area contributed by atoms with Crippen LogP contribution in [0.25, 0.3) is 10.9 Å². The van der Waals surface area contributed by atoms with E-state index in [-0.39, 0.29) is 17.3 Å². The molecule has 0 spiro atoms. The van der Waals surface area contributed by atoms with Crippen LogP contribution in [0.4, 0.5) is 30.2 Å². The van der Waals surface area contributed by atoms with Crippen LogP contribution in [0.2, 0.25) is 0 Å². The number of hydrogen-bond acceptors (Lipinski definition) is 7. The van der Waals surface area contributed by atoms with E-state index in [1.807, 2.05) is 49.3 Å². The van der Waals surface area contributed by atoms with Crippen LogP contribution in [0.5, 0.6) is 0 Å². The lowest BCUT2D eigenvalue weighted by Gasteiger charge is -2.17. The molecule has 0 atom stereocenters. The highest BCUT2D eigenvalue weighted by atomic mass is 32.1.